The molecule has 0 spiro atoms. The third-order valence-corrected chi connectivity index (χ3v) is 4.13. The number of H-pyrrole nitrogens is 1. The Bertz CT molecular complexity index is 585. The highest BCUT2D eigenvalue weighted by Crippen LogP contribution is 2.20. The number of ether oxygens (including phenoxy) is 1. The van der Waals surface area contributed by atoms with Crippen LogP contribution >= 0.6 is 11.6 Å². The van der Waals surface area contributed by atoms with Crippen molar-refractivity contribution < 1.29 is 19.9 Å². The van der Waals surface area contributed by atoms with Gasteiger partial charge in [-0.05, 0) is 6.07 Å². The van der Waals surface area contributed by atoms with Crippen molar-refractivity contribution in [3.63, 3.8) is 0 Å². The molecule has 0 aliphatic carbocycles. The second-order valence-corrected chi connectivity index (χ2v) is 5.68. The predicted octanol–water partition coefficient (Wildman–Crippen LogP) is 0.0958. The summed E-state index contributed by atoms with van der Waals surface area (Å²) in [7, 11) is 0. The first-order chi connectivity index (χ1) is 10.3. The fourth-order valence-electron chi connectivity index (χ4n) is 2.63. The fourth-order valence-corrected chi connectivity index (χ4v) is 2.95. The Balaban J connectivity index is 1.66. The Morgan fingerprint density at radius 1 is 1.24 bits per heavy atom. The van der Waals surface area contributed by atoms with E-state index < -0.39 is 0 Å². The number of hydrogen-bond donors (Lipinski definition) is 2. The molecule has 0 amide bonds. The lowest BCUT2D eigenvalue weighted by Gasteiger charge is -2.24. The van der Waals surface area contributed by atoms with E-state index in [9.17, 15) is 0 Å². The predicted molar refractivity (Wildman–Crippen MR) is 80.9 cm³/mol. The second kappa shape index (κ2) is 7.00. The molecule has 0 saturated carbocycles. The van der Waals surface area contributed by atoms with Gasteiger partial charge in [0.2, 0.25) is 0 Å². The molecule has 1 saturated heterocycles. The summed E-state index contributed by atoms with van der Waals surface area (Å²) in [5.74, 6) is 0. The van der Waals surface area contributed by atoms with Gasteiger partial charge in [-0.2, -0.15) is 0 Å². The zero-order chi connectivity index (χ0) is 14.5. The molecule has 21 heavy (non-hydrogen) atoms. The van der Waals surface area contributed by atoms with Gasteiger partial charge >= 0.3 is 0 Å². The number of pyridine rings is 1. The third kappa shape index (κ3) is 3.80. The number of halogens is 1. The highest BCUT2D eigenvalue weighted by molar-refractivity contribution is 6.32. The molecule has 5 heteroatoms. The second-order valence-electron chi connectivity index (χ2n) is 5.28. The Labute approximate surface area is 129 Å². The Morgan fingerprint density at radius 3 is 2.81 bits per heavy atom. The van der Waals surface area contributed by atoms with Crippen molar-refractivity contribution in [2.45, 2.75) is 6.54 Å². The maximum absolute atomic E-state index is 6.46. The normalized spacial score (nSPS) is 16.0. The SMILES string of the molecule is Clc1cc([NH2+]Cc2ccc[nH+]c2)ccc1[NH+]1CCOCC1. The lowest BCUT2D eigenvalue weighted by Crippen LogP contribution is -3.09. The van der Waals surface area contributed by atoms with Crippen molar-refractivity contribution in [2.75, 3.05) is 26.3 Å². The quantitative estimate of drug-likeness (QED) is 0.773. The number of aromatic amines is 1. The molecule has 1 aromatic carbocycles. The molecule has 0 unspecified atom stereocenters. The number of quaternary nitrogens is 2. The van der Waals surface area contributed by atoms with Crippen LogP contribution in [0.15, 0.2) is 42.7 Å². The average Bonchev–Trinajstić information content (AvgIpc) is 2.55. The van der Waals surface area contributed by atoms with Gasteiger partial charge in [0.1, 0.15) is 30.3 Å². The number of aromatic nitrogens is 1. The van der Waals surface area contributed by atoms with Crippen molar-refractivity contribution >= 4 is 23.0 Å². The molecule has 1 fully saturated rings. The van der Waals surface area contributed by atoms with E-state index in [0.29, 0.717) is 0 Å². The van der Waals surface area contributed by atoms with Gasteiger partial charge in [-0.15, -0.1) is 0 Å². The van der Waals surface area contributed by atoms with Crippen LogP contribution in [0.4, 0.5) is 11.4 Å². The highest BCUT2D eigenvalue weighted by Gasteiger charge is 2.20. The van der Waals surface area contributed by atoms with Crippen LogP contribution in [-0.2, 0) is 11.3 Å². The summed E-state index contributed by atoms with van der Waals surface area (Å²) in [6, 6.07) is 10.5. The molecule has 2 aromatic rings. The third-order valence-electron chi connectivity index (χ3n) is 3.82. The molecule has 1 aromatic heterocycles. The van der Waals surface area contributed by atoms with Crippen LogP contribution in [-0.4, -0.2) is 26.3 Å². The van der Waals surface area contributed by atoms with Gasteiger partial charge in [0, 0.05) is 24.3 Å². The van der Waals surface area contributed by atoms with Crippen LogP contribution in [0.25, 0.3) is 0 Å². The van der Waals surface area contributed by atoms with Gasteiger partial charge < -0.3 is 10.1 Å². The van der Waals surface area contributed by atoms with E-state index in [2.05, 4.69) is 34.6 Å². The number of nitrogens with one attached hydrogen (secondary N) is 2. The summed E-state index contributed by atoms with van der Waals surface area (Å²) in [5.41, 5.74) is 3.61. The summed E-state index contributed by atoms with van der Waals surface area (Å²) in [4.78, 5) is 4.51. The molecule has 3 rings (SSSR count). The molecular formula is C16H21ClN3O+3. The first kappa shape index (κ1) is 14.5. The first-order valence-corrected chi connectivity index (χ1v) is 7.71. The number of hydrogen-bond acceptors (Lipinski definition) is 1. The van der Waals surface area contributed by atoms with Crippen LogP contribution in [0.3, 0.4) is 0 Å². The van der Waals surface area contributed by atoms with Crippen molar-refractivity contribution in [2.24, 2.45) is 0 Å². The van der Waals surface area contributed by atoms with E-state index in [1.807, 2.05) is 18.5 Å². The van der Waals surface area contributed by atoms with E-state index in [1.54, 1.807) is 0 Å². The lowest BCUT2D eigenvalue weighted by molar-refractivity contribution is -0.842. The largest absolute Gasteiger partial charge is 0.370 e. The molecule has 1 aliphatic rings. The standard InChI is InChI=1S/C16H18ClN3O/c17-15-10-14(19-12-13-2-1-5-18-11-13)3-4-16(15)20-6-8-21-9-7-20/h1-5,10-11,19H,6-9,12H2/p+3. The highest BCUT2D eigenvalue weighted by atomic mass is 35.5. The van der Waals surface area contributed by atoms with E-state index in [4.69, 9.17) is 16.3 Å². The van der Waals surface area contributed by atoms with Crippen LogP contribution < -0.4 is 15.2 Å². The van der Waals surface area contributed by atoms with Gasteiger partial charge in [0.25, 0.3) is 0 Å². The maximum Gasteiger partial charge on any atom is 0.175 e. The molecule has 110 valence electrons. The van der Waals surface area contributed by atoms with Crippen molar-refractivity contribution in [1.82, 2.24) is 0 Å². The van der Waals surface area contributed by atoms with E-state index in [-0.39, 0.29) is 0 Å². The zero-order valence-corrected chi connectivity index (χ0v) is 12.7. The van der Waals surface area contributed by atoms with Gasteiger partial charge in [-0.1, -0.05) is 11.6 Å². The minimum atomic E-state index is 0.810. The summed E-state index contributed by atoms with van der Waals surface area (Å²) >= 11 is 6.46. The number of benzene rings is 1. The average molecular weight is 307 g/mol. The summed E-state index contributed by atoms with van der Waals surface area (Å²) in [6.45, 7) is 4.50. The fraction of sp³-hybridized carbons (Fsp3) is 0.312. The zero-order valence-electron chi connectivity index (χ0n) is 11.9. The Kier molecular flexibility index (Phi) is 4.83. The molecule has 2 heterocycles. The van der Waals surface area contributed by atoms with Gasteiger partial charge in [-0.25, -0.2) is 4.98 Å². The van der Waals surface area contributed by atoms with Gasteiger partial charge in [0.05, 0.1) is 18.8 Å². The molecule has 4 nitrogen and oxygen atoms in total. The van der Waals surface area contributed by atoms with E-state index in [0.717, 1.165) is 37.9 Å². The van der Waals surface area contributed by atoms with Crippen LogP contribution in [0.2, 0.25) is 5.02 Å². The monoisotopic (exact) mass is 306 g/mol. The van der Waals surface area contributed by atoms with Gasteiger partial charge in [-0.3, -0.25) is 4.90 Å². The number of nitrogens with two attached hydrogens (primary N) is 1. The molecule has 0 atom stereocenters. The minimum Gasteiger partial charge on any atom is -0.370 e. The van der Waals surface area contributed by atoms with E-state index in [1.165, 1.54) is 21.8 Å². The Morgan fingerprint density at radius 2 is 2.10 bits per heavy atom. The minimum absolute atomic E-state index is 0.810. The summed E-state index contributed by atoms with van der Waals surface area (Å²) in [5, 5.41) is 3.05. The van der Waals surface area contributed by atoms with Gasteiger partial charge in [0.15, 0.2) is 18.1 Å². The number of rotatable bonds is 4. The van der Waals surface area contributed by atoms with Crippen LogP contribution in [0.5, 0.6) is 0 Å². The maximum atomic E-state index is 6.46. The topological polar surface area (TPSA) is 44.4 Å². The smallest absolute Gasteiger partial charge is 0.175 e. The lowest BCUT2D eigenvalue weighted by atomic mass is 10.2. The Hall–Kier alpha value is -1.46. The van der Waals surface area contributed by atoms with Crippen LogP contribution in [0, 0.1) is 0 Å². The molecule has 1 aliphatic heterocycles. The molecule has 0 radical (unpaired) electrons. The van der Waals surface area contributed by atoms with Crippen molar-refractivity contribution in [3.05, 3.63) is 53.3 Å². The molecule has 4 N–H and O–H groups in total. The van der Waals surface area contributed by atoms with E-state index >= 15 is 0 Å². The van der Waals surface area contributed by atoms with Crippen molar-refractivity contribution in [1.29, 1.82) is 0 Å². The summed E-state index contributed by atoms with van der Waals surface area (Å²) < 4.78 is 5.40. The van der Waals surface area contributed by atoms with Crippen LogP contribution in [0.1, 0.15) is 5.56 Å². The molecular weight excluding hydrogens is 286 g/mol. The first-order valence-electron chi connectivity index (χ1n) is 7.33. The molecule has 0 bridgehead atoms. The summed E-state index contributed by atoms with van der Waals surface area (Å²) in [6.07, 6.45) is 3.94. The van der Waals surface area contributed by atoms with Crippen molar-refractivity contribution in [3.8, 4) is 0 Å². The number of morpholine rings is 1.